The van der Waals surface area contributed by atoms with Crippen LogP contribution in [0.15, 0.2) is 41.2 Å². The Labute approximate surface area is 144 Å². The molecule has 2 N–H and O–H groups in total. The smallest absolute Gasteiger partial charge is 0.340 e. The number of nitrogens with one attached hydrogen (secondary N) is 2. The van der Waals surface area contributed by atoms with Crippen LogP contribution in [-0.2, 0) is 6.18 Å². The molecule has 0 amide bonds. The van der Waals surface area contributed by atoms with Crippen molar-refractivity contribution in [3.63, 3.8) is 0 Å². The second-order valence-corrected chi connectivity index (χ2v) is 5.35. The van der Waals surface area contributed by atoms with Crippen LogP contribution in [0, 0.1) is 18.3 Å². The van der Waals surface area contributed by atoms with Crippen LogP contribution in [-0.4, -0.2) is 19.7 Å². The van der Waals surface area contributed by atoms with Crippen LogP contribution in [0.3, 0.4) is 0 Å². The highest BCUT2D eigenvalue weighted by Gasteiger charge is 2.33. The molecule has 2 aromatic heterocycles. The maximum atomic E-state index is 12.9. The zero-order chi connectivity index (χ0) is 18.9. The molecule has 10 heteroatoms. The van der Waals surface area contributed by atoms with Gasteiger partial charge in [-0.2, -0.15) is 28.2 Å². The van der Waals surface area contributed by atoms with E-state index in [1.165, 1.54) is 0 Å². The third-order valence-corrected chi connectivity index (χ3v) is 3.34. The van der Waals surface area contributed by atoms with E-state index in [0.29, 0.717) is 28.8 Å². The Morgan fingerprint density at radius 1 is 1.23 bits per heavy atom. The minimum atomic E-state index is -4.76. The highest BCUT2D eigenvalue weighted by Crippen LogP contribution is 2.27. The molecule has 0 saturated carbocycles. The number of anilines is 2. The van der Waals surface area contributed by atoms with E-state index in [0.717, 1.165) is 4.68 Å². The molecule has 0 bridgehead atoms. The molecule has 0 aliphatic carbocycles. The minimum absolute atomic E-state index is 0.301. The third-order valence-electron chi connectivity index (χ3n) is 3.34. The number of H-pyrrole nitrogens is 1. The maximum absolute atomic E-state index is 12.9. The Morgan fingerprint density at radius 2 is 1.92 bits per heavy atom. The maximum Gasteiger partial charge on any atom is 0.433 e. The van der Waals surface area contributed by atoms with Gasteiger partial charge >= 0.3 is 6.18 Å². The Kier molecular flexibility index (Phi) is 4.21. The summed E-state index contributed by atoms with van der Waals surface area (Å²) in [6, 6.07) is 10.4. The van der Waals surface area contributed by atoms with Crippen LogP contribution in [0.2, 0.25) is 0 Å². The van der Waals surface area contributed by atoms with Gasteiger partial charge in [-0.15, -0.1) is 0 Å². The standard InChI is InChI=1S/C16H11F3N6O/c1-9-6-13(21-11-4-2-10(8-20)3-5-11)25(24-9)15-22-12(16(17,18)19)7-14(26)23-15/h2-7,21H,1H3,(H,22,23,26). The summed E-state index contributed by atoms with van der Waals surface area (Å²) < 4.78 is 39.8. The van der Waals surface area contributed by atoms with E-state index in [-0.39, 0.29) is 5.95 Å². The molecule has 3 aromatic rings. The van der Waals surface area contributed by atoms with Gasteiger partial charge in [0.25, 0.3) is 5.56 Å². The molecule has 0 atom stereocenters. The average molecular weight is 360 g/mol. The van der Waals surface area contributed by atoms with Crippen LogP contribution in [0.5, 0.6) is 0 Å². The molecule has 0 spiro atoms. The molecule has 7 nitrogen and oxygen atoms in total. The first-order chi connectivity index (χ1) is 12.3. The summed E-state index contributed by atoms with van der Waals surface area (Å²) in [6.45, 7) is 1.65. The molecule has 0 aliphatic heterocycles. The summed E-state index contributed by atoms with van der Waals surface area (Å²) in [5.74, 6) is -0.0660. The zero-order valence-electron chi connectivity index (χ0n) is 13.3. The Bertz CT molecular complexity index is 1040. The van der Waals surface area contributed by atoms with E-state index in [1.54, 1.807) is 37.3 Å². The molecule has 132 valence electrons. The first-order valence-electron chi connectivity index (χ1n) is 7.29. The predicted octanol–water partition coefficient (Wildman–Crippen LogP) is 2.90. The van der Waals surface area contributed by atoms with Crippen LogP contribution >= 0.6 is 0 Å². The van der Waals surface area contributed by atoms with Crippen molar-refractivity contribution in [2.24, 2.45) is 0 Å². The normalized spacial score (nSPS) is 11.2. The van der Waals surface area contributed by atoms with Gasteiger partial charge < -0.3 is 5.32 Å². The van der Waals surface area contributed by atoms with Gasteiger partial charge in [0.1, 0.15) is 5.82 Å². The fourth-order valence-electron chi connectivity index (χ4n) is 2.22. The van der Waals surface area contributed by atoms with Crippen molar-refractivity contribution in [1.29, 1.82) is 5.26 Å². The number of aryl methyl sites for hydroxylation is 1. The number of benzene rings is 1. The van der Waals surface area contributed by atoms with Gasteiger partial charge in [0.05, 0.1) is 17.3 Å². The van der Waals surface area contributed by atoms with Gasteiger partial charge in [-0.25, -0.2) is 4.98 Å². The first kappa shape index (κ1) is 17.2. The van der Waals surface area contributed by atoms with Crippen molar-refractivity contribution in [3.05, 3.63) is 63.7 Å². The largest absolute Gasteiger partial charge is 0.433 e. The molecule has 0 saturated heterocycles. The minimum Gasteiger partial charge on any atom is -0.340 e. The lowest BCUT2D eigenvalue weighted by atomic mass is 10.2. The quantitative estimate of drug-likeness (QED) is 0.748. The Hall–Kier alpha value is -3.61. The molecule has 0 unspecified atom stereocenters. The number of alkyl halides is 3. The molecule has 2 heterocycles. The number of nitriles is 1. The molecule has 0 aliphatic rings. The Balaban J connectivity index is 2.03. The van der Waals surface area contributed by atoms with E-state index >= 15 is 0 Å². The SMILES string of the molecule is Cc1cc(Nc2ccc(C#N)cc2)n(-c2nc(C(F)(F)F)cc(=O)[nH]2)n1. The molecule has 1 aromatic carbocycles. The average Bonchev–Trinajstić information content (AvgIpc) is 2.94. The van der Waals surface area contributed by atoms with Crippen molar-refractivity contribution in [2.75, 3.05) is 5.32 Å². The van der Waals surface area contributed by atoms with Gasteiger partial charge in [0.15, 0.2) is 5.69 Å². The lowest BCUT2D eigenvalue weighted by Crippen LogP contribution is -2.20. The number of nitrogens with zero attached hydrogens (tertiary/aromatic N) is 4. The topological polar surface area (TPSA) is 99.4 Å². The monoisotopic (exact) mass is 360 g/mol. The Morgan fingerprint density at radius 3 is 2.54 bits per heavy atom. The summed E-state index contributed by atoms with van der Waals surface area (Å²) in [5, 5.41) is 15.9. The second kappa shape index (κ2) is 6.36. The van der Waals surface area contributed by atoms with E-state index < -0.39 is 17.4 Å². The van der Waals surface area contributed by atoms with Gasteiger partial charge in [-0.1, -0.05) is 0 Å². The highest BCUT2D eigenvalue weighted by atomic mass is 19.4. The molecular formula is C16H11F3N6O. The molecule has 3 rings (SSSR count). The molecule has 26 heavy (non-hydrogen) atoms. The summed E-state index contributed by atoms with van der Waals surface area (Å²) >= 11 is 0. The number of hydrogen-bond acceptors (Lipinski definition) is 5. The third kappa shape index (κ3) is 3.56. The first-order valence-corrected chi connectivity index (χ1v) is 7.29. The zero-order valence-corrected chi connectivity index (χ0v) is 13.3. The van der Waals surface area contributed by atoms with E-state index in [4.69, 9.17) is 5.26 Å². The van der Waals surface area contributed by atoms with Crippen molar-refractivity contribution in [2.45, 2.75) is 13.1 Å². The fraction of sp³-hybridized carbons (Fsp3) is 0.125. The van der Waals surface area contributed by atoms with E-state index in [2.05, 4.69) is 20.4 Å². The van der Waals surface area contributed by atoms with Crippen molar-refractivity contribution in [1.82, 2.24) is 19.7 Å². The summed E-state index contributed by atoms with van der Waals surface area (Å²) in [4.78, 5) is 17.3. The van der Waals surface area contributed by atoms with Gasteiger partial charge in [0, 0.05) is 17.8 Å². The fourth-order valence-corrected chi connectivity index (χ4v) is 2.22. The number of hydrogen-bond donors (Lipinski definition) is 2. The van der Waals surface area contributed by atoms with Crippen molar-refractivity contribution >= 4 is 11.5 Å². The summed E-state index contributed by atoms with van der Waals surface area (Å²) in [7, 11) is 0. The number of aromatic nitrogens is 4. The van der Waals surface area contributed by atoms with Gasteiger partial charge in [0.2, 0.25) is 5.95 Å². The lowest BCUT2D eigenvalue weighted by Gasteiger charge is -2.11. The molecule has 0 fully saturated rings. The summed E-state index contributed by atoms with van der Waals surface area (Å²) in [5.41, 5.74) is -0.710. The van der Waals surface area contributed by atoms with Crippen LogP contribution in [0.4, 0.5) is 24.7 Å². The van der Waals surface area contributed by atoms with E-state index in [1.807, 2.05) is 6.07 Å². The number of halogens is 3. The highest BCUT2D eigenvalue weighted by molar-refractivity contribution is 5.59. The number of rotatable bonds is 3. The molecule has 0 radical (unpaired) electrons. The van der Waals surface area contributed by atoms with Crippen LogP contribution in [0.25, 0.3) is 5.95 Å². The lowest BCUT2D eigenvalue weighted by molar-refractivity contribution is -0.141. The summed E-state index contributed by atoms with van der Waals surface area (Å²) in [6.07, 6.45) is -4.76. The van der Waals surface area contributed by atoms with Gasteiger partial charge in [-0.05, 0) is 31.2 Å². The van der Waals surface area contributed by atoms with Crippen LogP contribution in [0.1, 0.15) is 17.0 Å². The van der Waals surface area contributed by atoms with Crippen LogP contribution < -0.4 is 10.9 Å². The number of aromatic amines is 1. The molecular weight excluding hydrogens is 349 g/mol. The van der Waals surface area contributed by atoms with Crippen molar-refractivity contribution in [3.8, 4) is 12.0 Å². The predicted molar refractivity (Wildman–Crippen MR) is 86.2 cm³/mol. The van der Waals surface area contributed by atoms with E-state index in [9.17, 15) is 18.0 Å². The van der Waals surface area contributed by atoms with Gasteiger partial charge in [-0.3, -0.25) is 9.78 Å². The second-order valence-electron chi connectivity index (χ2n) is 5.35. The van der Waals surface area contributed by atoms with Crippen molar-refractivity contribution < 1.29 is 13.2 Å².